The Kier molecular flexibility index (Phi) is 4.00. The van der Waals surface area contributed by atoms with Gasteiger partial charge in [0.2, 0.25) is 0 Å². The molecule has 1 aromatic rings. The van der Waals surface area contributed by atoms with Crippen LogP contribution in [-0.4, -0.2) is 25.7 Å². The average molecular weight is 229 g/mol. The van der Waals surface area contributed by atoms with Gasteiger partial charge in [-0.1, -0.05) is 13.0 Å². The number of benzene rings is 1. The molecule has 0 saturated carbocycles. The van der Waals surface area contributed by atoms with E-state index in [1.807, 2.05) is 18.2 Å². The fourth-order valence-corrected chi connectivity index (χ4v) is 2.40. The molecule has 1 heterocycles. The number of nitrogens with zero attached hydrogens (tertiary/aromatic N) is 2. The summed E-state index contributed by atoms with van der Waals surface area (Å²) in [6.45, 7) is 5.36. The smallest absolute Gasteiger partial charge is 0.0992 e. The summed E-state index contributed by atoms with van der Waals surface area (Å²) in [4.78, 5) is 2.37. The van der Waals surface area contributed by atoms with Gasteiger partial charge in [0.15, 0.2) is 0 Å². The van der Waals surface area contributed by atoms with Crippen molar-refractivity contribution in [2.75, 3.05) is 24.5 Å². The lowest BCUT2D eigenvalue weighted by molar-refractivity contribution is 0.424. The molecule has 2 rings (SSSR count). The first kappa shape index (κ1) is 11.9. The van der Waals surface area contributed by atoms with Crippen molar-refractivity contribution in [3.63, 3.8) is 0 Å². The predicted molar refractivity (Wildman–Crippen MR) is 70.1 cm³/mol. The SMILES string of the molecule is CCNC1CCN(c2cccc(C#N)c2)CC1. The van der Waals surface area contributed by atoms with Gasteiger partial charge < -0.3 is 10.2 Å². The second kappa shape index (κ2) is 5.70. The maximum absolute atomic E-state index is 8.89. The second-order valence-corrected chi connectivity index (χ2v) is 4.48. The molecule has 0 aromatic heterocycles. The minimum Gasteiger partial charge on any atom is -0.371 e. The monoisotopic (exact) mass is 229 g/mol. The van der Waals surface area contributed by atoms with Gasteiger partial charge in [-0.25, -0.2) is 0 Å². The minimum atomic E-state index is 0.662. The predicted octanol–water partition coefficient (Wildman–Crippen LogP) is 2.14. The van der Waals surface area contributed by atoms with Gasteiger partial charge in [0, 0.05) is 24.8 Å². The number of hydrogen-bond acceptors (Lipinski definition) is 3. The summed E-state index contributed by atoms with van der Waals surface area (Å²) < 4.78 is 0. The maximum atomic E-state index is 8.89. The molecule has 90 valence electrons. The lowest BCUT2D eigenvalue weighted by atomic mass is 10.0. The minimum absolute atomic E-state index is 0.662. The summed E-state index contributed by atoms with van der Waals surface area (Å²) in [7, 11) is 0. The first-order valence-corrected chi connectivity index (χ1v) is 6.32. The van der Waals surface area contributed by atoms with Gasteiger partial charge in [-0.05, 0) is 37.6 Å². The van der Waals surface area contributed by atoms with E-state index in [0.717, 1.165) is 25.2 Å². The number of nitrogens with one attached hydrogen (secondary N) is 1. The molecule has 0 unspecified atom stereocenters. The van der Waals surface area contributed by atoms with Gasteiger partial charge in [0.1, 0.15) is 0 Å². The number of hydrogen-bond donors (Lipinski definition) is 1. The molecule has 0 aliphatic carbocycles. The van der Waals surface area contributed by atoms with Crippen LogP contribution in [0.3, 0.4) is 0 Å². The Morgan fingerprint density at radius 3 is 2.82 bits per heavy atom. The van der Waals surface area contributed by atoms with Crippen molar-refractivity contribution >= 4 is 5.69 Å². The first-order chi connectivity index (χ1) is 8.33. The van der Waals surface area contributed by atoms with E-state index in [4.69, 9.17) is 5.26 Å². The fourth-order valence-electron chi connectivity index (χ4n) is 2.40. The van der Waals surface area contributed by atoms with Crippen LogP contribution in [-0.2, 0) is 0 Å². The molecule has 0 radical (unpaired) electrons. The zero-order chi connectivity index (χ0) is 12.1. The largest absolute Gasteiger partial charge is 0.371 e. The third-order valence-corrected chi connectivity index (χ3v) is 3.33. The molecule has 1 fully saturated rings. The molecule has 1 aliphatic rings. The molecule has 1 saturated heterocycles. The van der Waals surface area contributed by atoms with Crippen molar-refractivity contribution < 1.29 is 0 Å². The van der Waals surface area contributed by atoms with Gasteiger partial charge in [-0.2, -0.15) is 5.26 Å². The van der Waals surface area contributed by atoms with Gasteiger partial charge in [0.05, 0.1) is 11.6 Å². The van der Waals surface area contributed by atoms with Crippen molar-refractivity contribution in [3.8, 4) is 6.07 Å². The average Bonchev–Trinajstić information content (AvgIpc) is 2.40. The molecule has 17 heavy (non-hydrogen) atoms. The highest BCUT2D eigenvalue weighted by molar-refractivity contribution is 5.51. The summed E-state index contributed by atoms with van der Waals surface area (Å²) in [5, 5.41) is 12.4. The van der Waals surface area contributed by atoms with E-state index in [1.165, 1.54) is 18.5 Å². The molecule has 1 aromatic carbocycles. The van der Waals surface area contributed by atoms with Gasteiger partial charge in [-0.15, -0.1) is 0 Å². The molecule has 1 aliphatic heterocycles. The van der Waals surface area contributed by atoms with Gasteiger partial charge in [0.25, 0.3) is 0 Å². The van der Waals surface area contributed by atoms with Crippen molar-refractivity contribution in [1.82, 2.24) is 5.32 Å². The number of anilines is 1. The molecule has 1 N–H and O–H groups in total. The number of nitriles is 1. The topological polar surface area (TPSA) is 39.1 Å². The zero-order valence-corrected chi connectivity index (χ0v) is 10.3. The molecule has 0 bridgehead atoms. The Hall–Kier alpha value is -1.53. The molecular weight excluding hydrogens is 210 g/mol. The summed E-state index contributed by atoms with van der Waals surface area (Å²) in [5.74, 6) is 0. The first-order valence-electron chi connectivity index (χ1n) is 6.32. The summed E-state index contributed by atoms with van der Waals surface area (Å²) in [5.41, 5.74) is 1.93. The standard InChI is InChI=1S/C14H19N3/c1-2-16-13-6-8-17(9-7-13)14-5-3-4-12(10-14)11-15/h3-5,10,13,16H,2,6-9H2,1H3. The van der Waals surface area contributed by atoms with E-state index < -0.39 is 0 Å². The van der Waals surface area contributed by atoms with Gasteiger partial charge in [-0.3, -0.25) is 0 Å². The van der Waals surface area contributed by atoms with Crippen LogP contribution in [0, 0.1) is 11.3 Å². The number of piperidine rings is 1. The Bertz CT molecular complexity index is 400. The number of rotatable bonds is 3. The molecule has 3 heteroatoms. The second-order valence-electron chi connectivity index (χ2n) is 4.48. The van der Waals surface area contributed by atoms with E-state index in [2.05, 4.69) is 29.3 Å². The van der Waals surface area contributed by atoms with E-state index >= 15 is 0 Å². The van der Waals surface area contributed by atoms with Crippen molar-refractivity contribution in [3.05, 3.63) is 29.8 Å². The van der Waals surface area contributed by atoms with Crippen LogP contribution in [0.25, 0.3) is 0 Å². The van der Waals surface area contributed by atoms with E-state index in [1.54, 1.807) is 0 Å². The highest BCUT2D eigenvalue weighted by Gasteiger charge is 2.18. The highest BCUT2D eigenvalue weighted by atomic mass is 15.1. The van der Waals surface area contributed by atoms with Crippen LogP contribution in [0.15, 0.2) is 24.3 Å². The lowest BCUT2D eigenvalue weighted by Crippen LogP contribution is -2.42. The Morgan fingerprint density at radius 2 is 2.18 bits per heavy atom. The Labute approximate surface area is 103 Å². The molecule has 3 nitrogen and oxygen atoms in total. The van der Waals surface area contributed by atoms with Gasteiger partial charge >= 0.3 is 0 Å². The lowest BCUT2D eigenvalue weighted by Gasteiger charge is -2.34. The summed E-state index contributed by atoms with van der Waals surface area (Å²) >= 11 is 0. The van der Waals surface area contributed by atoms with Crippen molar-refractivity contribution in [2.45, 2.75) is 25.8 Å². The van der Waals surface area contributed by atoms with Crippen LogP contribution in [0.5, 0.6) is 0 Å². The quantitative estimate of drug-likeness (QED) is 0.863. The van der Waals surface area contributed by atoms with Crippen molar-refractivity contribution in [2.24, 2.45) is 0 Å². The van der Waals surface area contributed by atoms with E-state index in [9.17, 15) is 0 Å². The molecule has 0 spiro atoms. The normalized spacial score (nSPS) is 16.8. The molecular formula is C14H19N3. The summed E-state index contributed by atoms with van der Waals surface area (Å²) in [6.07, 6.45) is 2.37. The maximum Gasteiger partial charge on any atom is 0.0992 e. The van der Waals surface area contributed by atoms with Crippen molar-refractivity contribution in [1.29, 1.82) is 5.26 Å². The third kappa shape index (κ3) is 2.98. The van der Waals surface area contributed by atoms with Crippen LogP contribution in [0.2, 0.25) is 0 Å². The highest BCUT2D eigenvalue weighted by Crippen LogP contribution is 2.20. The third-order valence-electron chi connectivity index (χ3n) is 3.33. The molecule has 0 atom stereocenters. The van der Waals surface area contributed by atoms with Crippen LogP contribution in [0.1, 0.15) is 25.3 Å². The molecule has 0 amide bonds. The Morgan fingerprint density at radius 1 is 1.41 bits per heavy atom. The van der Waals surface area contributed by atoms with Crippen LogP contribution in [0.4, 0.5) is 5.69 Å². The van der Waals surface area contributed by atoms with Crippen LogP contribution < -0.4 is 10.2 Å². The Balaban J connectivity index is 1.98. The summed E-state index contributed by atoms with van der Waals surface area (Å²) in [6, 6.07) is 10.7. The fraction of sp³-hybridized carbons (Fsp3) is 0.500. The van der Waals surface area contributed by atoms with E-state index in [-0.39, 0.29) is 0 Å². The van der Waals surface area contributed by atoms with Crippen LogP contribution >= 0.6 is 0 Å². The zero-order valence-electron chi connectivity index (χ0n) is 10.3. The van der Waals surface area contributed by atoms with E-state index in [0.29, 0.717) is 6.04 Å².